The minimum absolute atomic E-state index is 0.0234. The molecule has 0 aromatic heterocycles. The van der Waals surface area contributed by atoms with Crippen LogP contribution in [-0.4, -0.2) is 31.8 Å². The number of nitrogens with two attached hydrogens (primary N) is 1. The highest BCUT2D eigenvalue weighted by Crippen LogP contribution is 2.58. The molecule has 36 heavy (non-hydrogen) atoms. The molecule has 0 saturated heterocycles. The largest absolute Gasteiger partial charge is 0.466 e. The fourth-order valence-corrected chi connectivity index (χ4v) is 6.27. The van der Waals surface area contributed by atoms with E-state index < -0.39 is 22.7 Å². The van der Waals surface area contributed by atoms with Gasteiger partial charge in [0.25, 0.3) is 0 Å². The van der Waals surface area contributed by atoms with E-state index in [1.807, 2.05) is 39.0 Å². The van der Waals surface area contributed by atoms with Crippen molar-refractivity contribution in [2.24, 2.45) is 11.1 Å². The molecule has 186 valence electrons. The Morgan fingerprint density at radius 2 is 1.78 bits per heavy atom. The van der Waals surface area contributed by atoms with Crippen molar-refractivity contribution in [3.63, 3.8) is 0 Å². The second kappa shape index (κ2) is 7.96. The van der Waals surface area contributed by atoms with Gasteiger partial charge in [-0.05, 0) is 42.5 Å². The number of fused-ring (bicyclic) bond motifs is 3. The molecule has 0 saturated carbocycles. The lowest BCUT2D eigenvalue weighted by molar-refractivity contribution is -0.138. The summed E-state index contributed by atoms with van der Waals surface area (Å²) >= 11 is 6.69. The third kappa shape index (κ3) is 3.08. The number of allylic oxidation sites excluding steroid dienone is 1. The Kier molecular flexibility index (Phi) is 5.34. The SMILES string of the molecule is COC(=O)C1=C(N)N(c2ccc(C)cc2Cl)C2=C(C(=O)CC(C)(C)C2)C12C(=O)N(C)c1ccccc12. The number of anilines is 2. The molecule has 1 aliphatic carbocycles. The lowest BCUT2D eigenvalue weighted by atomic mass is 9.60. The summed E-state index contributed by atoms with van der Waals surface area (Å²) in [6, 6.07) is 12.7. The molecule has 3 aliphatic rings. The highest BCUT2D eigenvalue weighted by Gasteiger charge is 2.64. The third-order valence-electron chi connectivity index (χ3n) is 7.40. The van der Waals surface area contributed by atoms with Gasteiger partial charge in [0.05, 0.1) is 17.8 Å². The molecule has 5 rings (SSSR count). The van der Waals surface area contributed by atoms with Gasteiger partial charge in [0.2, 0.25) is 5.91 Å². The van der Waals surface area contributed by atoms with Crippen LogP contribution in [0, 0.1) is 12.3 Å². The molecule has 1 unspecified atom stereocenters. The number of aryl methyl sites for hydroxylation is 1. The van der Waals surface area contributed by atoms with E-state index in [1.54, 1.807) is 36.2 Å². The molecule has 2 N–H and O–H groups in total. The number of ketones is 1. The molecule has 7 nitrogen and oxygen atoms in total. The number of rotatable bonds is 2. The van der Waals surface area contributed by atoms with Crippen molar-refractivity contribution in [3.05, 3.63) is 81.3 Å². The molecule has 8 heteroatoms. The summed E-state index contributed by atoms with van der Waals surface area (Å²) in [5.41, 5.74) is 8.11. The number of nitrogens with zero attached hydrogens (tertiary/aromatic N) is 2. The number of amides is 1. The minimum Gasteiger partial charge on any atom is -0.466 e. The average Bonchev–Trinajstić information content (AvgIpc) is 3.02. The van der Waals surface area contributed by atoms with E-state index in [0.29, 0.717) is 34.1 Å². The summed E-state index contributed by atoms with van der Waals surface area (Å²) in [6.07, 6.45) is 0.672. The molecular weight excluding hydrogens is 478 g/mol. The monoisotopic (exact) mass is 505 g/mol. The highest BCUT2D eigenvalue weighted by molar-refractivity contribution is 6.33. The molecule has 1 atom stereocenters. The second-order valence-electron chi connectivity index (χ2n) is 10.4. The molecule has 2 aromatic rings. The smallest absolute Gasteiger partial charge is 0.339 e. The summed E-state index contributed by atoms with van der Waals surface area (Å²) in [7, 11) is 2.88. The van der Waals surface area contributed by atoms with Crippen LogP contribution in [0.2, 0.25) is 5.02 Å². The van der Waals surface area contributed by atoms with Crippen LogP contribution in [0.5, 0.6) is 0 Å². The normalized spacial score (nSPS) is 22.8. The van der Waals surface area contributed by atoms with E-state index >= 15 is 0 Å². The summed E-state index contributed by atoms with van der Waals surface area (Å²) < 4.78 is 5.19. The lowest BCUT2D eigenvalue weighted by Crippen LogP contribution is -2.55. The van der Waals surface area contributed by atoms with Crippen molar-refractivity contribution >= 4 is 40.6 Å². The molecule has 1 spiro atoms. The van der Waals surface area contributed by atoms with Gasteiger partial charge in [-0.25, -0.2) is 4.79 Å². The Labute approximate surface area is 215 Å². The van der Waals surface area contributed by atoms with Crippen molar-refractivity contribution in [2.45, 2.75) is 39.0 Å². The van der Waals surface area contributed by atoms with Crippen LogP contribution < -0.4 is 15.5 Å². The summed E-state index contributed by atoms with van der Waals surface area (Å²) in [6.45, 7) is 5.92. The number of para-hydroxylation sites is 1. The average molecular weight is 506 g/mol. The Hall–Kier alpha value is -3.58. The van der Waals surface area contributed by atoms with E-state index in [2.05, 4.69) is 0 Å². The first-order valence-electron chi connectivity index (χ1n) is 11.7. The van der Waals surface area contributed by atoms with Crippen molar-refractivity contribution < 1.29 is 19.1 Å². The van der Waals surface area contributed by atoms with Crippen LogP contribution in [0.4, 0.5) is 11.4 Å². The predicted molar refractivity (Wildman–Crippen MR) is 138 cm³/mol. The first-order valence-corrected chi connectivity index (χ1v) is 12.1. The number of halogens is 1. The summed E-state index contributed by atoms with van der Waals surface area (Å²) in [5, 5.41) is 0.413. The molecule has 0 fully saturated rings. The number of methoxy groups -OCH3 is 1. The second-order valence-corrected chi connectivity index (χ2v) is 10.8. The van der Waals surface area contributed by atoms with E-state index in [0.717, 1.165) is 5.56 Å². The van der Waals surface area contributed by atoms with Crippen LogP contribution in [0.3, 0.4) is 0 Å². The van der Waals surface area contributed by atoms with Crippen LogP contribution in [0.1, 0.15) is 37.8 Å². The number of Topliss-reactive ketones (excluding diaryl/α,β-unsaturated/α-hetero) is 1. The van der Waals surface area contributed by atoms with Gasteiger partial charge >= 0.3 is 5.97 Å². The predicted octanol–water partition coefficient (Wildman–Crippen LogP) is 4.37. The minimum atomic E-state index is -1.71. The number of likely N-dealkylation sites (N-methyl/N-ethyl adjacent to an activating group) is 1. The van der Waals surface area contributed by atoms with Crippen molar-refractivity contribution in [1.29, 1.82) is 0 Å². The van der Waals surface area contributed by atoms with Crippen LogP contribution in [-0.2, 0) is 24.5 Å². The van der Waals surface area contributed by atoms with Gasteiger partial charge in [0.15, 0.2) is 5.78 Å². The van der Waals surface area contributed by atoms with E-state index in [4.69, 9.17) is 22.1 Å². The lowest BCUT2D eigenvalue weighted by Gasteiger charge is -2.47. The zero-order valence-electron chi connectivity index (χ0n) is 20.9. The van der Waals surface area contributed by atoms with Gasteiger partial charge in [0.1, 0.15) is 16.8 Å². The molecular formula is C28H28ClN3O4. The number of benzene rings is 2. The number of esters is 1. The standard InChI is InChI=1S/C28H28ClN3O4/c1-15-10-11-19(17(29)12-15)32-20-13-27(2,3)14-21(33)22(20)28(23(24(32)30)25(34)36-5)16-8-6-7-9-18(16)31(4)26(28)35/h6-12H,13-14,30H2,1-5H3. The Morgan fingerprint density at radius 1 is 1.08 bits per heavy atom. The maximum Gasteiger partial charge on any atom is 0.339 e. The quantitative estimate of drug-likeness (QED) is 0.609. The first kappa shape index (κ1) is 24.1. The van der Waals surface area contributed by atoms with Gasteiger partial charge in [-0.15, -0.1) is 0 Å². The molecule has 0 bridgehead atoms. The molecule has 1 amide bonds. The van der Waals surface area contributed by atoms with E-state index in [-0.39, 0.29) is 29.2 Å². The van der Waals surface area contributed by atoms with Crippen LogP contribution in [0.25, 0.3) is 0 Å². The Bertz CT molecular complexity index is 1420. The van der Waals surface area contributed by atoms with Gasteiger partial charge in [0, 0.05) is 36.0 Å². The van der Waals surface area contributed by atoms with Gasteiger partial charge in [-0.2, -0.15) is 0 Å². The maximum absolute atomic E-state index is 14.2. The summed E-state index contributed by atoms with van der Waals surface area (Å²) in [5.74, 6) is -1.37. The van der Waals surface area contributed by atoms with Crippen molar-refractivity contribution in [3.8, 4) is 0 Å². The fourth-order valence-electron chi connectivity index (χ4n) is 5.95. The maximum atomic E-state index is 14.2. The molecule has 2 aromatic carbocycles. The van der Waals surface area contributed by atoms with Gasteiger partial charge < -0.3 is 15.4 Å². The zero-order chi connectivity index (χ0) is 26.2. The van der Waals surface area contributed by atoms with Crippen LogP contribution >= 0.6 is 11.6 Å². The first-order chi connectivity index (χ1) is 17.0. The Morgan fingerprint density at radius 3 is 2.44 bits per heavy atom. The zero-order valence-corrected chi connectivity index (χ0v) is 21.7. The number of hydrogen-bond donors (Lipinski definition) is 1. The highest BCUT2D eigenvalue weighted by atomic mass is 35.5. The topological polar surface area (TPSA) is 92.9 Å². The third-order valence-corrected chi connectivity index (χ3v) is 7.70. The van der Waals surface area contributed by atoms with E-state index in [9.17, 15) is 14.4 Å². The van der Waals surface area contributed by atoms with Crippen LogP contribution in [0.15, 0.2) is 65.1 Å². The van der Waals surface area contributed by atoms with Gasteiger partial charge in [-0.1, -0.05) is 49.7 Å². The van der Waals surface area contributed by atoms with Crippen molar-refractivity contribution in [2.75, 3.05) is 24.0 Å². The number of hydrogen-bond acceptors (Lipinski definition) is 6. The number of carbonyl (C=O) groups excluding carboxylic acids is 3. The molecule has 2 aliphatic heterocycles. The number of ether oxygens (including phenoxy) is 1. The van der Waals surface area contributed by atoms with Gasteiger partial charge in [-0.3, -0.25) is 14.5 Å². The van der Waals surface area contributed by atoms with E-state index in [1.165, 1.54) is 12.0 Å². The molecule has 0 radical (unpaired) electrons. The Balaban J connectivity index is 1.96. The fraction of sp³-hybridized carbons (Fsp3) is 0.321. The molecule has 2 heterocycles. The number of carbonyl (C=O) groups is 3. The summed E-state index contributed by atoms with van der Waals surface area (Å²) in [4.78, 5) is 44.9. The van der Waals surface area contributed by atoms with Crippen molar-refractivity contribution in [1.82, 2.24) is 0 Å².